The fourth-order valence-corrected chi connectivity index (χ4v) is 2.75. The first-order chi connectivity index (χ1) is 9.63. The maximum absolute atomic E-state index is 12.3. The van der Waals surface area contributed by atoms with Crippen molar-refractivity contribution in [3.05, 3.63) is 63.1 Å². The molecule has 3 nitrogen and oxygen atoms in total. The van der Waals surface area contributed by atoms with Gasteiger partial charge in [0.25, 0.3) is 5.91 Å². The molecular formula is C16H14BrNO2. The molecule has 1 heterocycles. The van der Waals surface area contributed by atoms with Gasteiger partial charge in [-0.25, -0.2) is 0 Å². The molecule has 102 valence electrons. The van der Waals surface area contributed by atoms with Crippen LogP contribution in [-0.2, 0) is 18.0 Å². The Morgan fingerprint density at radius 1 is 1.15 bits per heavy atom. The molecule has 0 aliphatic carbocycles. The fraction of sp³-hybridized carbons (Fsp3) is 0.188. The van der Waals surface area contributed by atoms with Crippen LogP contribution in [0.4, 0.5) is 5.69 Å². The molecule has 0 atom stereocenters. The predicted molar refractivity (Wildman–Crippen MR) is 81.8 cm³/mol. The van der Waals surface area contributed by atoms with E-state index in [9.17, 15) is 4.79 Å². The molecule has 0 aromatic heterocycles. The summed E-state index contributed by atoms with van der Waals surface area (Å²) < 4.78 is 6.37. The van der Waals surface area contributed by atoms with Crippen molar-refractivity contribution in [3.63, 3.8) is 0 Å². The number of benzene rings is 2. The first-order valence-electron chi connectivity index (χ1n) is 6.40. The topological polar surface area (TPSA) is 38.3 Å². The van der Waals surface area contributed by atoms with E-state index in [1.165, 1.54) is 5.56 Å². The summed E-state index contributed by atoms with van der Waals surface area (Å²) in [5.41, 5.74) is 4.79. The molecule has 0 saturated carbocycles. The largest absolute Gasteiger partial charge is 0.372 e. The summed E-state index contributed by atoms with van der Waals surface area (Å²) in [5.74, 6) is -0.0925. The van der Waals surface area contributed by atoms with Crippen LogP contribution in [0, 0.1) is 6.92 Å². The summed E-state index contributed by atoms with van der Waals surface area (Å²) in [5, 5.41) is 2.94. The number of carbonyl (C=O) groups excluding carboxylic acids is 1. The predicted octanol–water partition coefficient (Wildman–Crippen LogP) is 4.04. The molecule has 0 bridgehead atoms. The van der Waals surface area contributed by atoms with Crippen molar-refractivity contribution >= 4 is 27.5 Å². The number of anilines is 1. The lowest BCUT2D eigenvalue weighted by Gasteiger charge is -2.09. The van der Waals surface area contributed by atoms with Crippen molar-refractivity contribution in [3.8, 4) is 0 Å². The number of rotatable bonds is 2. The zero-order valence-electron chi connectivity index (χ0n) is 11.1. The summed E-state index contributed by atoms with van der Waals surface area (Å²) in [4.78, 5) is 12.3. The first kappa shape index (κ1) is 13.3. The van der Waals surface area contributed by atoms with Gasteiger partial charge in [-0.2, -0.15) is 0 Å². The quantitative estimate of drug-likeness (QED) is 0.901. The SMILES string of the molecule is Cc1cc(Br)ccc1NC(=O)c1ccc2c(c1)COC2. The summed E-state index contributed by atoms with van der Waals surface area (Å²) in [6, 6.07) is 11.5. The van der Waals surface area contributed by atoms with E-state index in [-0.39, 0.29) is 5.91 Å². The highest BCUT2D eigenvalue weighted by atomic mass is 79.9. The maximum Gasteiger partial charge on any atom is 0.255 e. The van der Waals surface area contributed by atoms with Crippen molar-refractivity contribution in [1.29, 1.82) is 0 Å². The highest BCUT2D eigenvalue weighted by molar-refractivity contribution is 9.10. The third-order valence-electron chi connectivity index (χ3n) is 3.42. The second-order valence-corrected chi connectivity index (χ2v) is 5.81. The van der Waals surface area contributed by atoms with Crippen LogP contribution in [0.2, 0.25) is 0 Å². The van der Waals surface area contributed by atoms with E-state index in [1.807, 2.05) is 43.3 Å². The summed E-state index contributed by atoms with van der Waals surface area (Å²) in [6.45, 7) is 3.20. The number of amides is 1. The molecule has 0 fully saturated rings. The Bertz CT molecular complexity index is 682. The van der Waals surface area contributed by atoms with Gasteiger partial charge in [-0.15, -0.1) is 0 Å². The molecule has 2 aromatic rings. The number of hydrogen-bond donors (Lipinski definition) is 1. The molecule has 1 aliphatic rings. The lowest BCUT2D eigenvalue weighted by Crippen LogP contribution is -2.13. The van der Waals surface area contributed by atoms with E-state index in [1.54, 1.807) is 0 Å². The van der Waals surface area contributed by atoms with Gasteiger partial charge in [-0.3, -0.25) is 4.79 Å². The lowest BCUT2D eigenvalue weighted by atomic mass is 10.1. The second kappa shape index (κ2) is 5.38. The maximum atomic E-state index is 12.3. The van der Waals surface area contributed by atoms with Crippen molar-refractivity contribution in [2.45, 2.75) is 20.1 Å². The van der Waals surface area contributed by atoms with Crippen LogP contribution in [0.25, 0.3) is 0 Å². The van der Waals surface area contributed by atoms with Gasteiger partial charge in [0.1, 0.15) is 0 Å². The standard InChI is InChI=1S/C16H14BrNO2/c1-10-6-14(17)4-5-15(10)18-16(19)11-2-3-12-8-20-9-13(12)7-11/h2-7H,8-9H2,1H3,(H,18,19). The minimum atomic E-state index is -0.0925. The zero-order valence-corrected chi connectivity index (χ0v) is 12.7. The number of nitrogens with one attached hydrogen (secondary N) is 1. The molecular weight excluding hydrogens is 318 g/mol. The summed E-state index contributed by atoms with van der Waals surface area (Å²) in [6.07, 6.45) is 0. The van der Waals surface area contributed by atoms with Gasteiger partial charge < -0.3 is 10.1 Å². The van der Waals surface area contributed by atoms with Crippen LogP contribution in [-0.4, -0.2) is 5.91 Å². The fourth-order valence-electron chi connectivity index (χ4n) is 2.28. The number of hydrogen-bond acceptors (Lipinski definition) is 2. The minimum absolute atomic E-state index is 0.0925. The molecule has 0 unspecified atom stereocenters. The van der Waals surface area contributed by atoms with E-state index >= 15 is 0 Å². The van der Waals surface area contributed by atoms with Crippen molar-refractivity contribution in [2.24, 2.45) is 0 Å². The van der Waals surface area contributed by atoms with E-state index in [0.29, 0.717) is 18.8 Å². The van der Waals surface area contributed by atoms with E-state index < -0.39 is 0 Å². The molecule has 0 radical (unpaired) electrons. The number of fused-ring (bicyclic) bond motifs is 1. The Morgan fingerprint density at radius 3 is 2.75 bits per heavy atom. The summed E-state index contributed by atoms with van der Waals surface area (Å²) in [7, 11) is 0. The molecule has 2 aromatic carbocycles. The Morgan fingerprint density at radius 2 is 1.95 bits per heavy atom. The average Bonchev–Trinajstić information content (AvgIpc) is 2.89. The molecule has 0 spiro atoms. The Labute approximate surface area is 126 Å². The van der Waals surface area contributed by atoms with E-state index in [4.69, 9.17) is 4.74 Å². The van der Waals surface area contributed by atoms with Gasteiger partial charge in [0.2, 0.25) is 0 Å². The minimum Gasteiger partial charge on any atom is -0.372 e. The third-order valence-corrected chi connectivity index (χ3v) is 3.91. The molecule has 4 heteroatoms. The van der Waals surface area contributed by atoms with Crippen LogP contribution in [0.15, 0.2) is 40.9 Å². The van der Waals surface area contributed by atoms with Crippen molar-refractivity contribution in [2.75, 3.05) is 5.32 Å². The molecule has 1 amide bonds. The normalized spacial score (nSPS) is 13.1. The first-order valence-corrected chi connectivity index (χ1v) is 7.20. The van der Waals surface area contributed by atoms with Crippen LogP contribution >= 0.6 is 15.9 Å². The lowest BCUT2D eigenvalue weighted by molar-refractivity contribution is 0.102. The average molecular weight is 332 g/mol. The molecule has 1 N–H and O–H groups in total. The Kier molecular flexibility index (Phi) is 3.59. The van der Waals surface area contributed by atoms with Crippen LogP contribution < -0.4 is 5.32 Å². The molecule has 0 saturated heterocycles. The molecule has 20 heavy (non-hydrogen) atoms. The van der Waals surface area contributed by atoms with Crippen LogP contribution in [0.1, 0.15) is 27.0 Å². The van der Waals surface area contributed by atoms with Gasteiger partial charge in [0.05, 0.1) is 13.2 Å². The van der Waals surface area contributed by atoms with E-state index in [2.05, 4.69) is 21.2 Å². The monoisotopic (exact) mass is 331 g/mol. The van der Waals surface area contributed by atoms with Crippen molar-refractivity contribution < 1.29 is 9.53 Å². The zero-order chi connectivity index (χ0) is 14.1. The number of aryl methyl sites for hydroxylation is 1. The van der Waals surface area contributed by atoms with Crippen LogP contribution in [0.5, 0.6) is 0 Å². The van der Waals surface area contributed by atoms with Gasteiger partial charge in [-0.05, 0) is 53.9 Å². The highest BCUT2D eigenvalue weighted by Crippen LogP contribution is 2.23. The molecule has 3 rings (SSSR count). The number of carbonyl (C=O) groups is 1. The van der Waals surface area contributed by atoms with E-state index in [0.717, 1.165) is 21.3 Å². The van der Waals surface area contributed by atoms with Gasteiger partial charge in [0.15, 0.2) is 0 Å². The molecule has 1 aliphatic heterocycles. The Hall–Kier alpha value is -1.65. The Balaban J connectivity index is 1.82. The third kappa shape index (κ3) is 2.62. The smallest absolute Gasteiger partial charge is 0.255 e. The van der Waals surface area contributed by atoms with Gasteiger partial charge in [0, 0.05) is 15.7 Å². The highest BCUT2D eigenvalue weighted by Gasteiger charge is 2.14. The van der Waals surface area contributed by atoms with Crippen LogP contribution in [0.3, 0.4) is 0 Å². The van der Waals surface area contributed by atoms with Crippen molar-refractivity contribution in [1.82, 2.24) is 0 Å². The van der Waals surface area contributed by atoms with Gasteiger partial charge in [-0.1, -0.05) is 22.0 Å². The summed E-state index contributed by atoms with van der Waals surface area (Å²) >= 11 is 3.41. The van der Waals surface area contributed by atoms with Gasteiger partial charge >= 0.3 is 0 Å². The number of halogens is 1. The number of ether oxygens (including phenoxy) is 1. The second-order valence-electron chi connectivity index (χ2n) is 4.89.